The lowest BCUT2D eigenvalue weighted by Gasteiger charge is -2.37. The zero-order valence-electron chi connectivity index (χ0n) is 18.6. The number of carboxylic acids is 2. The van der Waals surface area contributed by atoms with Crippen molar-refractivity contribution in [1.82, 2.24) is 4.57 Å². The molecule has 182 valence electrons. The smallest absolute Gasteiger partial charge is 0.341 e. The maximum Gasteiger partial charge on any atom is 0.341 e. The number of hydrogen-bond donors (Lipinski definition) is 3. The van der Waals surface area contributed by atoms with Gasteiger partial charge in [-0.05, 0) is 25.8 Å². The Labute approximate surface area is 193 Å². The minimum Gasteiger partial charge on any atom is -0.481 e. The number of hydrogen-bond acceptors (Lipinski definition) is 7. The molecule has 4 N–H and O–H groups in total. The van der Waals surface area contributed by atoms with Crippen molar-refractivity contribution in [3.63, 3.8) is 0 Å². The maximum atomic E-state index is 15.4. The van der Waals surface area contributed by atoms with Crippen LogP contribution in [-0.2, 0) is 20.7 Å². The number of aliphatic carboxylic acids is 1. The van der Waals surface area contributed by atoms with Gasteiger partial charge in [0.25, 0.3) is 0 Å². The number of pyridine rings is 1. The summed E-state index contributed by atoms with van der Waals surface area (Å²) in [6.07, 6.45) is 2.37. The van der Waals surface area contributed by atoms with Gasteiger partial charge in [0.15, 0.2) is 0 Å². The molecule has 0 aliphatic carbocycles. The largest absolute Gasteiger partial charge is 0.481 e. The fourth-order valence-corrected chi connectivity index (χ4v) is 4.85. The number of carboxylic acid groups (broad SMARTS) is 2. The summed E-state index contributed by atoms with van der Waals surface area (Å²) < 4.78 is 22.4. The molecule has 0 radical (unpaired) electrons. The van der Waals surface area contributed by atoms with Crippen LogP contribution in [0.1, 0.15) is 54.6 Å². The van der Waals surface area contributed by atoms with Gasteiger partial charge in [-0.3, -0.25) is 14.4 Å². The molecule has 4 rings (SSSR count). The highest BCUT2D eigenvalue weighted by Gasteiger charge is 2.31. The molecule has 2 aliphatic rings. The third-order valence-corrected chi connectivity index (χ3v) is 6.60. The Morgan fingerprint density at radius 3 is 2.53 bits per heavy atom. The minimum atomic E-state index is -1.35. The molecule has 2 atom stereocenters. The van der Waals surface area contributed by atoms with Crippen LogP contribution in [0.25, 0.3) is 10.9 Å². The van der Waals surface area contributed by atoms with Crippen LogP contribution in [-0.4, -0.2) is 57.9 Å². The van der Waals surface area contributed by atoms with E-state index in [4.69, 9.17) is 15.6 Å². The third kappa shape index (κ3) is 4.23. The van der Waals surface area contributed by atoms with Crippen molar-refractivity contribution in [2.45, 2.75) is 57.2 Å². The average molecular weight is 475 g/mol. The monoisotopic (exact) mass is 475 g/mol. The van der Waals surface area contributed by atoms with Gasteiger partial charge in [0.1, 0.15) is 23.5 Å². The van der Waals surface area contributed by atoms with E-state index in [1.54, 1.807) is 4.57 Å². The lowest BCUT2D eigenvalue weighted by Crippen LogP contribution is -2.42. The molecule has 3 heterocycles. The Morgan fingerprint density at radius 2 is 1.91 bits per heavy atom. The first-order chi connectivity index (χ1) is 16.1. The van der Waals surface area contributed by atoms with E-state index < -0.39 is 47.7 Å². The van der Waals surface area contributed by atoms with E-state index in [2.05, 4.69) is 0 Å². The maximum absolute atomic E-state index is 15.4. The van der Waals surface area contributed by atoms with Crippen molar-refractivity contribution < 1.29 is 33.7 Å². The predicted molar refractivity (Wildman–Crippen MR) is 120 cm³/mol. The van der Waals surface area contributed by atoms with E-state index in [-0.39, 0.29) is 17.0 Å². The van der Waals surface area contributed by atoms with E-state index in [1.165, 1.54) is 6.20 Å². The summed E-state index contributed by atoms with van der Waals surface area (Å²) >= 11 is 0. The number of nitrogens with two attached hydrogens (primary N) is 1. The highest BCUT2D eigenvalue weighted by atomic mass is 19.1. The molecule has 1 saturated heterocycles. The van der Waals surface area contributed by atoms with Crippen molar-refractivity contribution in [2.75, 3.05) is 18.0 Å². The fourth-order valence-electron chi connectivity index (χ4n) is 4.85. The minimum absolute atomic E-state index is 0.0489. The number of carbonyl (C=O) groups excluding carboxylic acids is 1. The number of piperidine rings is 1. The van der Waals surface area contributed by atoms with Crippen LogP contribution in [0.5, 0.6) is 0 Å². The quantitative estimate of drug-likeness (QED) is 0.530. The standard InChI is InChI=1S/C23H26FN3O7/c1-11-2-3-13-19-14(21(30)15(22(31)32)10-27(11)19)8-16(24)20(13)26-6-4-12(5-7-26)34-23(33)17(25)9-18(28)29/h8,10-12,17H,2-7,9,25H2,1H3,(H,28,29)(H,31,32)/t11-,17?/m0/s1. The molecule has 2 aliphatic heterocycles. The molecule has 0 bridgehead atoms. The summed E-state index contributed by atoms with van der Waals surface area (Å²) in [4.78, 5) is 48.9. The van der Waals surface area contributed by atoms with Crippen LogP contribution in [0.4, 0.5) is 10.1 Å². The van der Waals surface area contributed by atoms with Gasteiger partial charge in [0.2, 0.25) is 5.43 Å². The van der Waals surface area contributed by atoms with Crippen LogP contribution < -0.4 is 16.1 Å². The molecular weight excluding hydrogens is 449 g/mol. The van der Waals surface area contributed by atoms with Gasteiger partial charge in [-0.2, -0.15) is 0 Å². The molecular formula is C23H26FN3O7. The number of rotatable bonds is 6. The first kappa shape index (κ1) is 23.7. The van der Waals surface area contributed by atoms with Gasteiger partial charge >= 0.3 is 17.9 Å². The number of aromatic carboxylic acids is 1. The van der Waals surface area contributed by atoms with E-state index in [1.807, 2.05) is 11.8 Å². The lowest BCUT2D eigenvalue weighted by atomic mass is 9.93. The highest BCUT2D eigenvalue weighted by molar-refractivity contribution is 5.95. The number of anilines is 1. The first-order valence-electron chi connectivity index (χ1n) is 11.1. The molecule has 10 nitrogen and oxygen atoms in total. The van der Waals surface area contributed by atoms with Gasteiger partial charge in [-0.15, -0.1) is 0 Å². The second kappa shape index (κ2) is 9.05. The molecule has 1 aromatic heterocycles. The molecule has 0 spiro atoms. The number of esters is 1. The van der Waals surface area contributed by atoms with E-state index in [0.717, 1.165) is 6.07 Å². The van der Waals surface area contributed by atoms with Crippen LogP contribution in [0.2, 0.25) is 0 Å². The van der Waals surface area contributed by atoms with Gasteiger partial charge in [0.05, 0.1) is 17.6 Å². The zero-order chi connectivity index (χ0) is 24.7. The topological polar surface area (TPSA) is 152 Å². The van der Waals surface area contributed by atoms with Crippen LogP contribution in [0.3, 0.4) is 0 Å². The molecule has 0 saturated carbocycles. The SMILES string of the molecule is C[C@H]1CCc2c(N3CCC(OC(=O)C(N)CC(=O)O)CC3)c(F)cc3c(=O)c(C(=O)O)cn1c23. The normalized spacial score (nSPS) is 19.1. The van der Waals surface area contributed by atoms with Crippen LogP contribution in [0, 0.1) is 5.82 Å². The fraction of sp³-hybridized carbons (Fsp3) is 0.478. The number of aromatic nitrogens is 1. The van der Waals surface area contributed by atoms with Crippen LogP contribution >= 0.6 is 0 Å². The highest BCUT2D eigenvalue weighted by Crippen LogP contribution is 2.39. The first-order valence-corrected chi connectivity index (χ1v) is 11.1. The number of ether oxygens (including phenoxy) is 1. The molecule has 0 amide bonds. The van der Waals surface area contributed by atoms with Gasteiger partial charge in [-0.1, -0.05) is 0 Å². The van der Waals surface area contributed by atoms with Crippen molar-refractivity contribution in [3.8, 4) is 0 Å². The summed E-state index contributed by atoms with van der Waals surface area (Å²) in [6.45, 7) is 2.69. The number of nitrogens with zero attached hydrogens (tertiary/aromatic N) is 2. The number of benzene rings is 1. The second-order valence-corrected chi connectivity index (χ2v) is 8.88. The average Bonchev–Trinajstić information content (AvgIpc) is 2.77. The van der Waals surface area contributed by atoms with Gasteiger partial charge < -0.3 is 30.2 Å². The molecule has 1 unspecified atom stereocenters. The van der Waals surface area contributed by atoms with Crippen molar-refractivity contribution in [2.24, 2.45) is 5.73 Å². The Balaban J connectivity index is 1.62. The summed E-state index contributed by atoms with van der Waals surface area (Å²) in [5.74, 6) is -3.91. The van der Waals surface area contributed by atoms with Gasteiger partial charge in [-0.25, -0.2) is 9.18 Å². The predicted octanol–water partition coefficient (Wildman–Crippen LogP) is 1.66. The van der Waals surface area contributed by atoms with Crippen LogP contribution in [0.15, 0.2) is 17.1 Å². The molecule has 1 aromatic carbocycles. The summed E-state index contributed by atoms with van der Waals surface area (Å²) in [5.41, 5.74) is 6.07. The van der Waals surface area contributed by atoms with Gasteiger partial charge in [0, 0.05) is 49.1 Å². The lowest BCUT2D eigenvalue weighted by molar-refractivity contribution is -0.154. The molecule has 2 aromatic rings. The Morgan fingerprint density at radius 1 is 1.24 bits per heavy atom. The molecule has 1 fully saturated rings. The summed E-state index contributed by atoms with van der Waals surface area (Å²) in [7, 11) is 0. The zero-order valence-corrected chi connectivity index (χ0v) is 18.6. The number of aryl methyl sites for hydroxylation is 1. The van der Waals surface area contributed by atoms with E-state index in [0.29, 0.717) is 55.5 Å². The van der Waals surface area contributed by atoms with Crippen molar-refractivity contribution >= 4 is 34.5 Å². The third-order valence-electron chi connectivity index (χ3n) is 6.60. The molecule has 11 heteroatoms. The Kier molecular flexibility index (Phi) is 6.30. The number of carbonyl (C=O) groups is 3. The number of halogens is 1. The Hall–Kier alpha value is -3.47. The summed E-state index contributed by atoms with van der Waals surface area (Å²) in [5, 5.41) is 18.2. The van der Waals surface area contributed by atoms with Crippen molar-refractivity contribution in [3.05, 3.63) is 39.4 Å². The van der Waals surface area contributed by atoms with E-state index in [9.17, 15) is 24.3 Å². The van der Waals surface area contributed by atoms with E-state index >= 15 is 4.39 Å². The van der Waals surface area contributed by atoms with Crippen molar-refractivity contribution in [1.29, 1.82) is 0 Å². The molecule has 34 heavy (non-hydrogen) atoms. The second-order valence-electron chi connectivity index (χ2n) is 8.88. The Bertz CT molecular complexity index is 1230. The summed E-state index contributed by atoms with van der Waals surface area (Å²) in [6, 6.07) is -0.173.